The first-order valence-corrected chi connectivity index (χ1v) is 11.5. The van der Waals surface area contributed by atoms with Crippen LogP contribution in [0.5, 0.6) is 0 Å². The SMILES string of the molecule is O=C1c2ccccc2C(=O)N1c1ccc2nc(SCc3ccc(Br)cc3)sc2c1. The lowest BCUT2D eigenvalue weighted by molar-refractivity contribution is 0.0926. The Hall–Kier alpha value is -2.48. The molecule has 0 atom stereocenters. The number of fused-ring (bicyclic) bond motifs is 2. The molecule has 3 aromatic carbocycles. The van der Waals surface area contributed by atoms with Crippen molar-refractivity contribution in [2.45, 2.75) is 10.1 Å². The van der Waals surface area contributed by atoms with E-state index in [1.807, 2.05) is 24.3 Å². The predicted octanol–water partition coefficient (Wildman–Crippen LogP) is 6.15. The summed E-state index contributed by atoms with van der Waals surface area (Å²) in [6, 6.07) is 20.7. The van der Waals surface area contributed by atoms with Crippen LogP contribution in [0.3, 0.4) is 0 Å². The molecule has 0 unspecified atom stereocenters. The molecule has 0 bridgehead atoms. The average molecular weight is 481 g/mol. The third-order valence-corrected chi connectivity index (χ3v) is 7.44. The van der Waals surface area contributed by atoms with E-state index in [1.165, 1.54) is 10.5 Å². The van der Waals surface area contributed by atoms with Crippen molar-refractivity contribution in [3.63, 3.8) is 0 Å². The van der Waals surface area contributed by atoms with Crippen LogP contribution in [-0.2, 0) is 5.75 Å². The Morgan fingerprint density at radius 2 is 1.62 bits per heavy atom. The lowest BCUT2D eigenvalue weighted by atomic mass is 10.1. The zero-order valence-corrected chi connectivity index (χ0v) is 18.2. The Balaban J connectivity index is 1.41. The highest BCUT2D eigenvalue weighted by Gasteiger charge is 2.36. The molecule has 0 N–H and O–H groups in total. The molecule has 0 radical (unpaired) electrons. The normalized spacial score (nSPS) is 13.3. The Morgan fingerprint density at radius 3 is 2.31 bits per heavy atom. The monoisotopic (exact) mass is 480 g/mol. The molecule has 7 heteroatoms. The lowest BCUT2D eigenvalue weighted by Crippen LogP contribution is -2.29. The van der Waals surface area contributed by atoms with Gasteiger partial charge in [0.2, 0.25) is 0 Å². The number of hydrogen-bond acceptors (Lipinski definition) is 5. The van der Waals surface area contributed by atoms with Crippen molar-refractivity contribution in [1.29, 1.82) is 0 Å². The summed E-state index contributed by atoms with van der Waals surface area (Å²) in [7, 11) is 0. The Labute approximate surface area is 183 Å². The van der Waals surface area contributed by atoms with Gasteiger partial charge >= 0.3 is 0 Å². The van der Waals surface area contributed by atoms with Crippen LogP contribution in [0.15, 0.2) is 75.5 Å². The molecule has 5 rings (SSSR count). The molecule has 142 valence electrons. The highest BCUT2D eigenvalue weighted by Crippen LogP contribution is 2.35. The summed E-state index contributed by atoms with van der Waals surface area (Å²) in [6.07, 6.45) is 0. The van der Waals surface area contributed by atoms with Crippen molar-refractivity contribution in [1.82, 2.24) is 4.98 Å². The maximum Gasteiger partial charge on any atom is 0.266 e. The van der Waals surface area contributed by atoms with Crippen molar-refractivity contribution in [2.24, 2.45) is 0 Å². The van der Waals surface area contributed by atoms with Crippen LogP contribution >= 0.6 is 39.0 Å². The first-order chi connectivity index (χ1) is 14.1. The maximum atomic E-state index is 12.7. The number of benzene rings is 3. The zero-order chi connectivity index (χ0) is 20.0. The van der Waals surface area contributed by atoms with Crippen LogP contribution in [0.25, 0.3) is 10.2 Å². The minimum atomic E-state index is -0.278. The minimum Gasteiger partial charge on any atom is -0.268 e. The van der Waals surface area contributed by atoms with Gasteiger partial charge in [-0.25, -0.2) is 9.88 Å². The smallest absolute Gasteiger partial charge is 0.266 e. The summed E-state index contributed by atoms with van der Waals surface area (Å²) < 4.78 is 2.98. The first kappa shape index (κ1) is 18.5. The number of thiazole rings is 1. The van der Waals surface area contributed by atoms with Crippen LogP contribution < -0.4 is 4.90 Å². The molecule has 4 nitrogen and oxygen atoms in total. The van der Waals surface area contributed by atoms with E-state index in [4.69, 9.17) is 0 Å². The van der Waals surface area contributed by atoms with E-state index in [1.54, 1.807) is 53.4 Å². The fraction of sp³-hybridized carbons (Fsp3) is 0.0455. The number of nitrogens with zero attached hydrogens (tertiary/aromatic N) is 2. The van der Waals surface area contributed by atoms with Gasteiger partial charge in [0, 0.05) is 10.2 Å². The highest BCUT2D eigenvalue weighted by atomic mass is 79.9. The average Bonchev–Trinajstić information content (AvgIpc) is 3.26. The standard InChI is InChI=1S/C22H13BrN2O2S2/c23-14-7-5-13(6-8-14)12-28-22-24-18-10-9-15(11-19(18)29-22)25-20(26)16-3-1-2-4-17(16)21(25)27/h1-11H,12H2. The van der Waals surface area contributed by atoms with Gasteiger partial charge < -0.3 is 0 Å². The van der Waals surface area contributed by atoms with E-state index in [-0.39, 0.29) is 11.8 Å². The Kier molecular flexibility index (Phi) is 4.73. The highest BCUT2D eigenvalue weighted by molar-refractivity contribution is 9.10. The molecule has 0 saturated carbocycles. The second-order valence-electron chi connectivity index (χ2n) is 6.54. The van der Waals surface area contributed by atoms with E-state index in [0.717, 1.165) is 24.8 Å². The molecule has 29 heavy (non-hydrogen) atoms. The van der Waals surface area contributed by atoms with E-state index >= 15 is 0 Å². The Morgan fingerprint density at radius 1 is 0.931 bits per heavy atom. The summed E-state index contributed by atoms with van der Waals surface area (Å²) in [4.78, 5) is 31.4. The van der Waals surface area contributed by atoms with Crippen LogP contribution in [0, 0.1) is 0 Å². The van der Waals surface area contributed by atoms with E-state index in [9.17, 15) is 9.59 Å². The molecule has 2 amide bonds. The summed E-state index contributed by atoms with van der Waals surface area (Å²) in [5.41, 5.74) is 3.58. The second-order valence-corrected chi connectivity index (χ2v) is 9.71. The molecule has 4 aromatic rings. The molecule has 0 saturated heterocycles. The number of hydrogen-bond donors (Lipinski definition) is 0. The van der Waals surface area contributed by atoms with Gasteiger partial charge in [-0.2, -0.15) is 0 Å². The summed E-state index contributed by atoms with van der Waals surface area (Å²) >= 11 is 6.70. The molecule has 2 heterocycles. The van der Waals surface area contributed by atoms with Gasteiger partial charge in [-0.15, -0.1) is 11.3 Å². The molecule has 1 aromatic heterocycles. The van der Waals surface area contributed by atoms with Gasteiger partial charge in [-0.05, 0) is 48.0 Å². The summed E-state index contributed by atoms with van der Waals surface area (Å²) in [5.74, 6) is 0.275. The summed E-state index contributed by atoms with van der Waals surface area (Å²) in [5, 5.41) is 0. The number of anilines is 1. The number of halogens is 1. The molecule has 0 aliphatic carbocycles. The van der Waals surface area contributed by atoms with Gasteiger partial charge in [0.05, 0.1) is 27.0 Å². The predicted molar refractivity (Wildman–Crippen MR) is 121 cm³/mol. The molecule has 1 aliphatic rings. The molecular weight excluding hydrogens is 468 g/mol. The number of imide groups is 1. The number of rotatable bonds is 4. The van der Waals surface area contributed by atoms with Crippen molar-refractivity contribution in [3.8, 4) is 0 Å². The Bertz CT molecular complexity index is 1230. The van der Waals surface area contributed by atoms with Crippen LogP contribution in [0.4, 0.5) is 5.69 Å². The fourth-order valence-electron chi connectivity index (χ4n) is 3.24. The van der Waals surface area contributed by atoms with Crippen molar-refractivity contribution in [3.05, 3.63) is 87.9 Å². The third kappa shape index (κ3) is 3.39. The quantitative estimate of drug-likeness (QED) is 0.259. The van der Waals surface area contributed by atoms with Crippen LogP contribution in [0.1, 0.15) is 26.3 Å². The largest absolute Gasteiger partial charge is 0.268 e. The molecular formula is C22H13BrN2O2S2. The summed E-state index contributed by atoms with van der Waals surface area (Å²) in [6.45, 7) is 0. The topological polar surface area (TPSA) is 50.3 Å². The van der Waals surface area contributed by atoms with E-state index in [2.05, 4.69) is 33.0 Å². The lowest BCUT2D eigenvalue weighted by Gasteiger charge is -2.13. The molecule has 0 fully saturated rings. The first-order valence-electron chi connectivity index (χ1n) is 8.86. The number of carbonyl (C=O) groups is 2. The van der Waals surface area contributed by atoms with Crippen LogP contribution in [0.2, 0.25) is 0 Å². The zero-order valence-electron chi connectivity index (χ0n) is 15.0. The maximum absolute atomic E-state index is 12.7. The second kappa shape index (κ2) is 7.40. The molecule has 1 aliphatic heterocycles. The third-order valence-electron chi connectivity index (χ3n) is 4.68. The van der Waals surface area contributed by atoms with Gasteiger partial charge in [-0.3, -0.25) is 9.59 Å². The van der Waals surface area contributed by atoms with Gasteiger partial charge in [0.1, 0.15) is 0 Å². The van der Waals surface area contributed by atoms with E-state index < -0.39 is 0 Å². The van der Waals surface area contributed by atoms with Gasteiger partial charge in [0.15, 0.2) is 4.34 Å². The van der Waals surface area contributed by atoms with Gasteiger partial charge in [-0.1, -0.05) is 52.0 Å². The van der Waals surface area contributed by atoms with Crippen molar-refractivity contribution in [2.75, 3.05) is 4.90 Å². The number of thioether (sulfide) groups is 1. The number of amides is 2. The van der Waals surface area contributed by atoms with E-state index in [0.29, 0.717) is 16.8 Å². The molecule has 0 spiro atoms. The van der Waals surface area contributed by atoms with Gasteiger partial charge in [0.25, 0.3) is 11.8 Å². The fourth-order valence-corrected chi connectivity index (χ4v) is 5.56. The van der Waals surface area contributed by atoms with Crippen molar-refractivity contribution < 1.29 is 9.59 Å². The minimum absolute atomic E-state index is 0.278. The number of carbonyl (C=O) groups excluding carboxylic acids is 2. The van der Waals surface area contributed by atoms with Crippen molar-refractivity contribution >= 4 is 66.7 Å². The van der Waals surface area contributed by atoms with Crippen LogP contribution in [-0.4, -0.2) is 16.8 Å². The number of aromatic nitrogens is 1.